The van der Waals surface area contributed by atoms with Crippen LogP contribution in [0.5, 0.6) is 11.5 Å². The monoisotopic (exact) mass is 285 g/mol. The Kier molecular flexibility index (Phi) is 3.76. The highest BCUT2D eigenvalue weighted by atomic mass is 16.6. The van der Waals surface area contributed by atoms with E-state index in [2.05, 4.69) is 4.98 Å². The Labute approximate surface area is 118 Å². The molecule has 1 heterocycles. The van der Waals surface area contributed by atoms with Crippen LogP contribution in [-0.4, -0.2) is 21.0 Å². The van der Waals surface area contributed by atoms with Gasteiger partial charge in [-0.2, -0.15) is 5.26 Å². The van der Waals surface area contributed by atoms with E-state index in [0.717, 1.165) is 6.20 Å². The first-order valence-corrected chi connectivity index (χ1v) is 5.57. The van der Waals surface area contributed by atoms with Crippen molar-refractivity contribution in [1.29, 1.82) is 5.26 Å². The SMILES string of the molecule is N#Cc1cccc(Oc2cnccc2C(=O)O)c1[N+](=O)[O-]. The summed E-state index contributed by atoms with van der Waals surface area (Å²) in [7, 11) is 0. The summed E-state index contributed by atoms with van der Waals surface area (Å²) in [4.78, 5) is 25.1. The predicted molar refractivity (Wildman–Crippen MR) is 69.1 cm³/mol. The fraction of sp³-hybridized carbons (Fsp3) is 0. The molecule has 0 aliphatic heterocycles. The number of aromatic carboxylic acids is 1. The molecule has 0 bridgehead atoms. The summed E-state index contributed by atoms with van der Waals surface area (Å²) in [5, 5.41) is 29.0. The minimum absolute atomic E-state index is 0.150. The standard InChI is InChI=1S/C13H7N3O5/c14-6-8-2-1-3-10(12(8)16(19)20)21-11-7-15-5-4-9(11)13(17)18/h1-5,7H,(H,17,18). The topological polar surface area (TPSA) is 126 Å². The fourth-order valence-corrected chi connectivity index (χ4v) is 1.64. The molecule has 21 heavy (non-hydrogen) atoms. The number of nitrogens with zero attached hydrogens (tertiary/aromatic N) is 3. The van der Waals surface area contributed by atoms with E-state index < -0.39 is 16.6 Å². The molecule has 2 rings (SSSR count). The van der Waals surface area contributed by atoms with E-state index in [1.165, 1.54) is 30.5 Å². The van der Waals surface area contributed by atoms with Crippen LogP contribution in [0.25, 0.3) is 0 Å². The maximum Gasteiger partial charge on any atom is 0.339 e. The Balaban J connectivity index is 2.53. The zero-order chi connectivity index (χ0) is 15.4. The van der Waals surface area contributed by atoms with E-state index in [1.54, 1.807) is 6.07 Å². The van der Waals surface area contributed by atoms with Crippen molar-refractivity contribution in [1.82, 2.24) is 4.98 Å². The molecule has 1 N–H and O–H groups in total. The molecule has 0 fully saturated rings. The zero-order valence-corrected chi connectivity index (χ0v) is 10.4. The summed E-state index contributed by atoms with van der Waals surface area (Å²) in [5.74, 6) is -1.63. The Morgan fingerprint density at radius 1 is 1.38 bits per heavy atom. The molecule has 0 saturated heterocycles. The molecule has 0 saturated carbocycles. The normalized spacial score (nSPS) is 9.67. The molecule has 8 heteroatoms. The summed E-state index contributed by atoms with van der Waals surface area (Å²) in [6.45, 7) is 0. The van der Waals surface area contributed by atoms with Crippen molar-refractivity contribution in [3.05, 3.63) is 57.9 Å². The second-order valence-electron chi connectivity index (χ2n) is 3.80. The third-order valence-electron chi connectivity index (χ3n) is 2.54. The van der Waals surface area contributed by atoms with Crippen molar-refractivity contribution in [2.24, 2.45) is 0 Å². The van der Waals surface area contributed by atoms with Gasteiger partial charge in [-0.15, -0.1) is 0 Å². The molecular weight excluding hydrogens is 278 g/mol. The summed E-state index contributed by atoms with van der Waals surface area (Å²) in [6, 6.07) is 6.84. The molecule has 8 nitrogen and oxygen atoms in total. The summed E-state index contributed by atoms with van der Waals surface area (Å²) in [5.41, 5.74) is -0.903. The van der Waals surface area contributed by atoms with Gasteiger partial charge in [0.2, 0.25) is 5.75 Å². The van der Waals surface area contributed by atoms with Gasteiger partial charge in [-0.05, 0) is 18.2 Å². The maximum atomic E-state index is 11.1. The van der Waals surface area contributed by atoms with Gasteiger partial charge in [-0.25, -0.2) is 4.79 Å². The third-order valence-corrected chi connectivity index (χ3v) is 2.54. The largest absolute Gasteiger partial charge is 0.478 e. The first kappa shape index (κ1) is 14.0. The summed E-state index contributed by atoms with van der Waals surface area (Å²) in [6.07, 6.45) is 2.39. The van der Waals surface area contributed by atoms with Crippen molar-refractivity contribution in [2.45, 2.75) is 0 Å². The molecular formula is C13H7N3O5. The average Bonchev–Trinajstić information content (AvgIpc) is 2.47. The van der Waals surface area contributed by atoms with Crippen molar-refractivity contribution >= 4 is 11.7 Å². The Morgan fingerprint density at radius 3 is 2.76 bits per heavy atom. The van der Waals surface area contributed by atoms with Gasteiger partial charge in [0, 0.05) is 6.20 Å². The molecule has 104 valence electrons. The van der Waals surface area contributed by atoms with Gasteiger partial charge in [-0.3, -0.25) is 15.1 Å². The molecule has 0 amide bonds. The van der Waals surface area contributed by atoms with Crippen LogP contribution in [-0.2, 0) is 0 Å². The molecule has 0 aliphatic rings. The van der Waals surface area contributed by atoms with Gasteiger partial charge in [0.15, 0.2) is 5.75 Å². The molecule has 0 spiro atoms. The lowest BCUT2D eigenvalue weighted by atomic mass is 10.2. The lowest BCUT2D eigenvalue weighted by molar-refractivity contribution is -0.385. The molecule has 0 aliphatic carbocycles. The molecule has 0 atom stereocenters. The van der Waals surface area contributed by atoms with Crippen LogP contribution in [0.1, 0.15) is 15.9 Å². The quantitative estimate of drug-likeness (QED) is 0.674. The van der Waals surface area contributed by atoms with Gasteiger partial charge < -0.3 is 9.84 Å². The van der Waals surface area contributed by atoms with Gasteiger partial charge in [0.1, 0.15) is 17.2 Å². The van der Waals surface area contributed by atoms with E-state index >= 15 is 0 Å². The Bertz CT molecular complexity index is 767. The minimum Gasteiger partial charge on any atom is -0.478 e. The van der Waals surface area contributed by atoms with Crippen molar-refractivity contribution in [3.8, 4) is 17.6 Å². The third kappa shape index (κ3) is 2.76. The van der Waals surface area contributed by atoms with Crippen LogP contribution in [0, 0.1) is 21.4 Å². The van der Waals surface area contributed by atoms with E-state index in [9.17, 15) is 14.9 Å². The number of rotatable bonds is 4. The highest BCUT2D eigenvalue weighted by Gasteiger charge is 2.23. The van der Waals surface area contributed by atoms with E-state index in [-0.39, 0.29) is 22.6 Å². The number of carboxylic acids is 1. The Hall–Kier alpha value is -3.47. The fourth-order valence-electron chi connectivity index (χ4n) is 1.64. The van der Waals surface area contributed by atoms with E-state index in [1.807, 2.05) is 0 Å². The van der Waals surface area contributed by atoms with Crippen molar-refractivity contribution in [3.63, 3.8) is 0 Å². The number of nitriles is 1. The highest BCUT2D eigenvalue weighted by molar-refractivity contribution is 5.90. The van der Waals surface area contributed by atoms with Crippen LogP contribution in [0.15, 0.2) is 36.7 Å². The molecule has 0 unspecified atom stereocenters. The second kappa shape index (κ2) is 5.66. The number of pyridine rings is 1. The number of benzene rings is 1. The zero-order valence-electron chi connectivity index (χ0n) is 10.4. The smallest absolute Gasteiger partial charge is 0.339 e. The highest BCUT2D eigenvalue weighted by Crippen LogP contribution is 2.34. The minimum atomic E-state index is -1.26. The van der Waals surface area contributed by atoms with Gasteiger partial charge in [-0.1, -0.05) is 6.07 Å². The number of aromatic nitrogens is 1. The molecule has 1 aromatic carbocycles. The van der Waals surface area contributed by atoms with Gasteiger partial charge in [0.05, 0.1) is 11.1 Å². The number of carboxylic acid groups (broad SMARTS) is 1. The number of ether oxygens (including phenoxy) is 1. The first-order valence-electron chi connectivity index (χ1n) is 5.57. The Morgan fingerprint density at radius 2 is 2.14 bits per heavy atom. The summed E-state index contributed by atoms with van der Waals surface area (Å²) < 4.78 is 5.27. The van der Waals surface area contributed by atoms with Crippen molar-refractivity contribution in [2.75, 3.05) is 0 Å². The molecule has 2 aromatic rings. The van der Waals surface area contributed by atoms with Gasteiger partial charge in [0.25, 0.3) is 0 Å². The van der Waals surface area contributed by atoms with Crippen LogP contribution >= 0.6 is 0 Å². The van der Waals surface area contributed by atoms with Crippen LogP contribution < -0.4 is 4.74 Å². The van der Waals surface area contributed by atoms with Crippen LogP contribution in [0.3, 0.4) is 0 Å². The molecule has 0 radical (unpaired) electrons. The lowest BCUT2D eigenvalue weighted by Crippen LogP contribution is -2.02. The van der Waals surface area contributed by atoms with Crippen molar-refractivity contribution < 1.29 is 19.6 Å². The molecule has 1 aromatic heterocycles. The van der Waals surface area contributed by atoms with Gasteiger partial charge >= 0.3 is 11.7 Å². The number of carbonyl (C=O) groups is 1. The number of para-hydroxylation sites is 1. The lowest BCUT2D eigenvalue weighted by Gasteiger charge is -2.08. The number of hydrogen-bond donors (Lipinski definition) is 1. The first-order chi connectivity index (χ1) is 10.0. The van der Waals surface area contributed by atoms with Crippen LogP contribution in [0.2, 0.25) is 0 Å². The second-order valence-corrected chi connectivity index (χ2v) is 3.80. The number of nitro benzene ring substituents is 1. The van der Waals surface area contributed by atoms with E-state index in [0.29, 0.717) is 0 Å². The maximum absolute atomic E-state index is 11.1. The average molecular weight is 285 g/mol. The van der Waals surface area contributed by atoms with E-state index in [4.69, 9.17) is 15.1 Å². The predicted octanol–water partition coefficient (Wildman–Crippen LogP) is 2.35. The number of hydrogen-bond acceptors (Lipinski definition) is 6. The van der Waals surface area contributed by atoms with Crippen LogP contribution in [0.4, 0.5) is 5.69 Å². The number of nitro groups is 1. The summed E-state index contributed by atoms with van der Waals surface area (Å²) >= 11 is 0.